The van der Waals surface area contributed by atoms with Crippen molar-refractivity contribution in [3.63, 3.8) is 0 Å². The number of rotatable bonds is 6. The van der Waals surface area contributed by atoms with Gasteiger partial charge in [-0.2, -0.15) is 0 Å². The molecule has 0 saturated carbocycles. The Hall–Kier alpha value is 0.240. The summed E-state index contributed by atoms with van der Waals surface area (Å²) >= 11 is 6.02. The molecule has 2 atom stereocenters. The van der Waals surface area contributed by atoms with Crippen LogP contribution in [0.15, 0.2) is 0 Å². The molecule has 0 heterocycles. The van der Waals surface area contributed by atoms with E-state index in [0.29, 0.717) is 5.92 Å². The maximum Gasteiger partial charge on any atom is 0.147 e. The van der Waals surface area contributed by atoms with E-state index >= 15 is 0 Å². The van der Waals surface area contributed by atoms with Crippen molar-refractivity contribution in [3.8, 4) is 0 Å². The Balaban J connectivity index is 3.65. The molecule has 0 saturated heterocycles. The fourth-order valence-corrected chi connectivity index (χ4v) is 2.07. The number of sulfone groups is 1. The van der Waals surface area contributed by atoms with Gasteiger partial charge in [0.2, 0.25) is 0 Å². The highest BCUT2D eigenvalue weighted by Crippen LogP contribution is 2.19. The van der Waals surface area contributed by atoms with E-state index in [2.05, 4.69) is 6.92 Å². The quantitative estimate of drug-likeness (QED) is 0.652. The first-order valence-corrected chi connectivity index (χ1v) is 7.18. The molecule has 0 aliphatic heterocycles. The molecule has 0 rings (SSSR count). The van der Waals surface area contributed by atoms with Crippen LogP contribution in [0.2, 0.25) is 0 Å². The largest absolute Gasteiger partial charge is 0.229 e. The van der Waals surface area contributed by atoms with E-state index in [9.17, 15) is 8.42 Å². The van der Waals surface area contributed by atoms with E-state index in [0.717, 1.165) is 19.3 Å². The lowest BCUT2D eigenvalue weighted by Crippen LogP contribution is -2.12. The molecule has 0 aliphatic carbocycles. The van der Waals surface area contributed by atoms with E-state index in [1.54, 1.807) is 0 Å². The van der Waals surface area contributed by atoms with Gasteiger partial charge in [-0.3, -0.25) is 0 Å². The second-order valence-corrected chi connectivity index (χ2v) is 6.49. The molecule has 0 aromatic rings. The molecule has 0 fully saturated rings. The maximum atomic E-state index is 10.8. The van der Waals surface area contributed by atoms with Gasteiger partial charge >= 0.3 is 0 Å². The van der Waals surface area contributed by atoms with Gasteiger partial charge in [0.1, 0.15) is 9.84 Å². The van der Waals surface area contributed by atoms with Crippen molar-refractivity contribution in [2.75, 3.05) is 12.0 Å². The van der Waals surface area contributed by atoms with Gasteiger partial charge < -0.3 is 0 Å². The van der Waals surface area contributed by atoms with Crippen LogP contribution in [0.3, 0.4) is 0 Å². The van der Waals surface area contributed by atoms with Crippen molar-refractivity contribution in [2.45, 2.75) is 38.5 Å². The summed E-state index contributed by atoms with van der Waals surface area (Å²) in [6.45, 7) is 4.12. The molecule has 2 unspecified atom stereocenters. The van der Waals surface area contributed by atoms with Gasteiger partial charge in [0.25, 0.3) is 0 Å². The first-order chi connectivity index (χ1) is 5.87. The lowest BCUT2D eigenvalue weighted by molar-refractivity contribution is 0.486. The van der Waals surface area contributed by atoms with Gasteiger partial charge in [-0.15, -0.1) is 11.6 Å². The molecule has 0 aromatic heterocycles. The summed E-state index contributed by atoms with van der Waals surface area (Å²) in [6.07, 6.45) is 3.84. The summed E-state index contributed by atoms with van der Waals surface area (Å²) in [7, 11) is -2.80. The van der Waals surface area contributed by atoms with Gasteiger partial charge in [0, 0.05) is 17.4 Å². The highest BCUT2D eigenvalue weighted by Gasteiger charge is 2.12. The minimum Gasteiger partial charge on any atom is -0.229 e. The third-order valence-corrected chi connectivity index (χ3v) is 3.95. The lowest BCUT2D eigenvalue weighted by atomic mass is 10.0. The van der Waals surface area contributed by atoms with Gasteiger partial charge in [-0.1, -0.05) is 13.8 Å². The molecule has 2 nitrogen and oxygen atoms in total. The van der Waals surface area contributed by atoms with Crippen molar-refractivity contribution in [2.24, 2.45) is 5.92 Å². The van der Waals surface area contributed by atoms with Crippen LogP contribution in [-0.2, 0) is 9.84 Å². The Morgan fingerprint density at radius 2 is 1.92 bits per heavy atom. The zero-order valence-electron chi connectivity index (χ0n) is 8.59. The number of hydrogen-bond donors (Lipinski definition) is 0. The SMILES string of the molecule is CCC(Cl)C(C)CCCS(C)(=O)=O. The first kappa shape index (κ1) is 13.2. The summed E-state index contributed by atoms with van der Waals surface area (Å²) in [5.74, 6) is 0.693. The highest BCUT2D eigenvalue weighted by molar-refractivity contribution is 7.90. The Bertz CT molecular complexity index is 224. The molecular formula is C9H19ClO2S. The van der Waals surface area contributed by atoms with Crippen LogP contribution >= 0.6 is 11.6 Å². The average Bonchev–Trinajstić information content (AvgIpc) is 2.00. The molecule has 0 spiro atoms. The van der Waals surface area contributed by atoms with Crippen LogP contribution in [-0.4, -0.2) is 25.8 Å². The standard InChI is InChI=1S/C9H19ClO2S/c1-4-9(10)8(2)6-5-7-13(3,11)12/h8-9H,4-7H2,1-3H3. The summed E-state index contributed by atoms with van der Waals surface area (Å²) < 4.78 is 21.6. The van der Waals surface area contributed by atoms with Crippen molar-refractivity contribution in [1.29, 1.82) is 0 Å². The minimum absolute atomic E-state index is 0.180. The molecule has 0 amide bonds. The normalized spacial score (nSPS) is 16.9. The van der Waals surface area contributed by atoms with Gasteiger partial charge in [-0.25, -0.2) is 8.42 Å². The maximum absolute atomic E-state index is 10.8. The minimum atomic E-state index is -2.80. The number of halogens is 1. The molecule has 0 radical (unpaired) electrons. The van der Waals surface area contributed by atoms with E-state index < -0.39 is 9.84 Å². The molecule has 0 N–H and O–H groups in total. The highest BCUT2D eigenvalue weighted by atomic mass is 35.5. The Labute approximate surface area is 86.6 Å². The van der Waals surface area contributed by atoms with Crippen molar-refractivity contribution < 1.29 is 8.42 Å². The molecular weight excluding hydrogens is 208 g/mol. The third-order valence-electron chi connectivity index (χ3n) is 2.18. The molecule has 0 bridgehead atoms. The fourth-order valence-electron chi connectivity index (χ4n) is 1.25. The topological polar surface area (TPSA) is 34.1 Å². The third kappa shape index (κ3) is 7.32. The molecule has 0 aromatic carbocycles. The van der Waals surface area contributed by atoms with Gasteiger partial charge in [0.05, 0.1) is 0 Å². The van der Waals surface area contributed by atoms with E-state index in [1.807, 2.05) is 6.92 Å². The van der Waals surface area contributed by atoms with Crippen LogP contribution < -0.4 is 0 Å². The lowest BCUT2D eigenvalue weighted by Gasteiger charge is -2.15. The van der Waals surface area contributed by atoms with E-state index in [-0.39, 0.29) is 11.1 Å². The molecule has 80 valence electrons. The van der Waals surface area contributed by atoms with Crippen molar-refractivity contribution in [1.82, 2.24) is 0 Å². The van der Waals surface area contributed by atoms with Gasteiger partial charge in [-0.05, 0) is 25.2 Å². The predicted octanol–water partition coefficient (Wildman–Crippen LogP) is 2.46. The van der Waals surface area contributed by atoms with Crippen LogP contribution in [0.5, 0.6) is 0 Å². The summed E-state index contributed by atoms with van der Waals surface area (Å²) in [4.78, 5) is 0. The molecule has 0 aliphatic rings. The van der Waals surface area contributed by atoms with Crippen LogP contribution in [0.4, 0.5) is 0 Å². The Morgan fingerprint density at radius 3 is 2.31 bits per heavy atom. The average molecular weight is 227 g/mol. The van der Waals surface area contributed by atoms with Gasteiger partial charge in [0.15, 0.2) is 0 Å². The molecule has 4 heteroatoms. The second-order valence-electron chi connectivity index (χ2n) is 3.67. The van der Waals surface area contributed by atoms with Crippen LogP contribution in [0.25, 0.3) is 0 Å². The summed E-state index contributed by atoms with van der Waals surface area (Å²) in [5, 5.41) is 0.180. The monoisotopic (exact) mass is 226 g/mol. The number of hydrogen-bond acceptors (Lipinski definition) is 2. The molecule has 13 heavy (non-hydrogen) atoms. The zero-order valence-corrected chi connectivity index (χ0v) is 10.2. The second kappa shape index (κ2) is 5.86. The Morgan fingerprint density at radius 1 is 1.38 bits per heavy atom. The van der Waals surface area contributed by atoms with Crippen LogP contribution in [0, 0.1) is 5.92 Å². The zero-order chi connectivity index (χ0) is 10.5. The summed E-state index contributed by atoms with van der Waals surface area (Å²) in [5.41, 5.74) is 0. The van der Waals surface area contributed by atoms with Crippen molar-refractivity contribution in [3.05, 3.63) is 0 Å². The fraction of sp³-hybridized carbons (Fsp3) is 1.00. The first-order valence-electron chi connectivity index (χ1n) is 4.68. The van der Waals surface area contributed by atoms with Crippen molar-refractivity contribution >= 4 is 21.4 Å². The van der Waals surface area contributed by atoms with E-state index in [4.69, 9.17) is 11.6 Å². The Kier molecular flexibility index (Phi) is 5.97. The van der Waals surface area contributed by atoms with E-state index in [1.165, 1.54) is 6.26 Å². The van der Waals surface area contributed by atoms with Crippen LogP contribution in [0.1, 0.15) is 33.1 Å². The predicted molar refractivity (Wildman–Crippen MR) is 58.0 cm³/mol. The number of alkyl halides is 1. The smallest absolute Gasteiger partial charge is 0.147 e. The summed E-state index contributed by atoms with van der Waals surface area (Å²) in [6, 6.07) is 0.